The van der Waals surface area contributed by atoms with Crippen molar-refractivity contribution in [2.75, 3.05) is 25.0 Å². The molecule has 33 heavy (non-hydrogen) atoms. The van der Waals surface area contributed by atoms with Gasteiger partial charge in [-0.3, -0.25) is 9.78 Å². The topological polar surface area (TPSA) is 85.2 Å². The second-order valence-electron chi connectivity index (χ2n) is 8.27. The number of ether oxygens (including phenoxy) is 1. The number of aromatic nitrogens is 4. The van der Waals surface area contributed by atoms with Crippen LogP contribution in [-0.2, 0) is 16.1 Å². The number of para-hydroxylation sites is 2. The number of hydrogen-bond donors (Lipinski definition) is 1. The maximum atomic E-state index is 13.1. The van der Waals surface area contributed by atoms with E-state index in [1.54, 1.807) is 6.33 Å². The van der Waals surface area contributed by atoms with Gasteiger partial charge in [-0.2, -0.15) is 0 Å². The molecule has 0 aliphatic carbocycles. The highest BCUT2D eigenvalue weighted by Gasteiger charge is 2.27. The molecular weight excluding hydrogens is 416 g/mol. The van der Waals surface area contributed by atoms with Crippen molar-refractivity contribution in [1.82, 2.24) is 24.4 Å². The van der Waals surface area contributed by atoms with Gasteiger partial charge in [0.05, 0.1) is 36.2 Å². The number of hydrogen-bond acceptors (Lipinski definition) is 6. The fourth-order valence-corrected chi connectivity index (χ4v) is 4.13. The monoisotopic (exact) mass is 442 g/mol. The Labute approximate surface area is 192 Å². The van der Waals surface area contributed by atoms with Crippen LogP contribution < -0.4 is 5.32 Å². The lowest BCUT2D eigenvalue weighted by Gasteiger charge is -2.33. The minimum Gasteiger partial charge on any atom is -0.368 e. The van der Waals surface area contributed by atoms with Gasteiger partial charge in [0.25, 0.3) is 0 Å². The first-order chi connectivity index (χ1) is 16.0. The Morgan fingerprint density at radius 3 is 2.85 bits per heavy atom. The van der Waals surface area contributed by atoms with E-state index >= 15 is 0 Å². The number of imidazole rings is 1. The summed E-state index contributed by atoms with van der Waals surface area (Å²) in [6, 6.07) is 17.6. The zero-order chi connectivity index (χ0) is 22.8. The third-order valence-corrected chi connectivity index (χ3v) is 5.72. The lowest BCUT2D eigenvalue weighted by molar-refractivity contribution is -0.139. The Hall–Kier alpha value is -3.78. The molecule has 1 amide bonds. The summed E-state index contributed by atoms with van der Waals surface area (Å²) < 4.78 is 7.90. The summed E-state index contributed by atoms with van der Waals surface area (Å²) in [7, 11) is 0. The second-order valence-corrected chi connectivity index (χ2v) is 8.27. The number of fused-ring (bicyclic) bond motifs is 1. The van der Waals surface area contributed by atoms with Crippen molar-refractivity contribution in [3.05, 3.63) is 78.0 Å². The van der Waals surface area contributed by atoms with Crippen molar-refractivity contribution in [2.45, 2.75) is 26.5 Å². The molecule has 1 atom stereocenters. The highest BCUT2D eigenvalue weighted by molar-refractivity contribution is 5.80. The van der Waals surface area contributed by atoms with Gasteiger partial charge in [0, 0.05) is 23.6 Å². The number of carbonyl (C=O) groups excluding carboxylic acids is 1. The molecule has 1 saturated heterocycles. The summed E-state index contributed by atoms with van der Waals surface area (Å²) in [6.45, 7) is 5.66. The van der Waals surface area contributed by atoms with E-state index in [-0.39, 0.29) is 18.6 Å². The largest absolute Gasteiger partial charge is 0.368 e. The Morgan fingerprint density at radius 2 is 1.97 bits per heavy atom. The summed E-state index contributed by atoms with van der Waals surface area (Å²) in [5.74, 6) is 0.821. The first-order valence-electron chi connectivity index (χ1n) is 11.0. The molecule has 4 heterocycles. The van der Waals surface area contributed by atoms with Crippen molar-refractivity contribution in [3.8, 4) is 0 Å². The Kier molecular flexibility index (Phi) is 5.75. The smallest absolute Gasteiger partial charge is 0.242 e. The maximum Gasteiger partial charge on any atom is 0.242 e. The van der Waals surface area contributed by atoms with Crippen LogP contribution in [0.2, 0.25) is 0 Å². The van der Waals surface area contributed by atoms with Crippen LogP contribution in [0.4, 0.5) is 11.5 Å². The summed E-state index contributed by atoms with van der Waals surface area (Å²) >= 11 is 0. The van der Waals surface area contributed by atoms with E-state index in [1.807, 2.05) is 77.9 Å². The molecular formula is C25H26N6O2. The highest BCUT2D eigenvalue weighted by atomic mass is 16.5. The Morgan fingerprint density at radius 1 is 1.09 bits per heavy atom. The summed E-state index contributed by atoms with van der Waals surface area (Å²) in [5.41, 5.74) is 5.36. The molecule has 3 aromatic heterocycles. The number of nitrogens with zero attached hydrogens (tertiary/aromatic N) is 5. The number of carbonyl (C=O) groups is 1. The van der Waals surface area contributed by atoms with Crippen molar-refractivity contribution in [1.29, 1.82) is 0 Å². The third kappa shape index (κ3) is 4.70. The predicted octanol–water partition coefficient (Wildman–Crippen LogP) is 3.79. The van der Waals surface area contributed by atoms with Gasteiger partial charge in [-0.05, 0) is 50.2 Å². The van der Waals surface area contributed by atoms with Gasteiger partial charge in [-0.1, -0.05) is 18.2 Å². The minimum atomic E-state index is -0.284. The highest BCUT2D eigenvalue weighted by Crippen LogP contribution is 2.26. The first-order valence-corrected chi connectivity index (χ1v) is 11.0. The van der Waals surface area contributed by atoms with Crippen LogP contribution in [-0.4, -0.2) is 50.0 Å². The molecule has 1 aromatic carbocycles. The number of anilines is 2. The average molecular weight is 443 g/mol. The Balaban J connectivity index is 1.31. The van der Waals surface area contributed by atoms with E-state index in [2.05, 4.69) is 20.3 Å². The van der Waals surface area contributed by atoms with Crippen LogP contribution in [0.5, 0.6) is 0 Å². The third-order valence-electron chi connectivity index (χ3n) is 5.72. The van der Waals surface area contributed by atoms with Gasteiger partial charge < -0.3 is 19.5 Å². The number of amides is 1. The molecule has 1 unspecified atom stereocenters. The SMILES string of the molecule is Cc1cccc(Nc2cc(C)nc(C3CN(C(=O)Cn4cnc5ccccc54)CCO3)c2)n1. The van der Waals surface area contributed by atoms with E-state index in [0.29, 0.717) is 19.7 Å². The molecule has 0 bridgehead atoms. The molecule has 1 aliphatic heterocycles. The van der Waals surface area contributed by atoms with E-state index < -0.39 is 0 Å². The lowest BCUT2D eigenvalue weighted by atomic mass is 10.1. The molecule has 0 radical (unpaired) electrons. The van der Waals surface area contributed by atoms with Gasteiger partial charge in [0.2, 0.25) is 5.91 Å². The fourth-order valence-electron chi connectivity index (χ4n) is 4.13. The van der Waals surface area contributed by atoms with Gasteiger partial charge in [-0.25, -0.2) is 9.97 Å². The number of morpholine rings is 1. The molecule has 8 nitrogen and oxygen atoms in total. The number of aryl methyl sites for hydroxylation is 2. The molecule has 5 rings (SSSR count). The molecule has 8 heteroatoms. The first kappa shape index (κ1) is 21.1. The molecule has 168 valence electrons. The fraction of sp³-hybridized carbons (Fsp3) is 0.280. The molecule has 1 N–H and O–H groups in total. The number of rotatable bonds is 5. The van der Waals surface area contributed by atoms with Crippen molar-refractivity contribution in [3.63, 3.8) is 0 Å². The van der Waals surface area contributed by atoms with Gasteiger partial charge in [0.15, 0.2) is 0 Å². The summed E-state index contributed by atoms with van der Waals surface area (Å²) in [4.78, 5) is 28.5. The molecule has 4 aromatic rings. The number of benzene rings is 1. The molecule has 0 spiro atoms. The van der Waals surface area contributed by atoms with E-state index in [9.17, 15) is 4.79 Å². The number of pyridine rings is 2. The zero-order valence-corrected chi connectivity index (χ0v) is 18.7. The van der Waals surface area contributed by atoms with E-state index in [1.165, 1.54) is 0 Å². The van der Waals surface area contributed by atoms with Crippen LogP contribution in [0.3, 0.4) is 0 Å². The normalized spacial score (nSPS) is 16.2. The summed E-state index contributed by atoms with van der Waals surface area (Å²) in [6.07, 6.45) is 1.44. The van der Waals surface area contributed by atoms with Gasteiger partial charge in [0.1, 0.15) is 18.5 Å². The quantitative estimate of drug-likeness (QED) is 0.506. The maximum absolute atomic E-state index is 13.1. The van der Waals surface area contributed by atoms with Crippen LogP contribution in [0.15, 0.2) is 60.9 Å². The van der Waals surface area contributed by atoms with Crippen LogP contribution >= 0.6 is 0 Å². The van der Waals surface area contributed by atoms with Gasteiger partial charge in [-0.15, -0.1) is 0 Å². The van der Waals surface area contributed by atoms with Crippen LogP contribution in [0, 0.1) is 13.8 Å². The van der Waals surface area contributed by atoms with Crippen LogP contribution in [0.1, 0.15) is 23.2 Å². The average Bonchev–Trinajstić information content (AvgIpc) is 3.21. The van der Waals surface area contributed by atoms with Crippen molar-refractivity contribution >= 4 is 28.4 Å². The lowest BCUT2D eigenvalue weighted by Crippen LogP contribution is -2.43. The predicted molar refractivity (Wildman–Crippen MR) is 126 cm³/mol. The Bertz CT molecular complexity index is 1300. The minimum absolute atomic E-state index is 0.0430. The second kappa shape index (κ2) is 8.99. The standard InChI is InChI=1S/C25H26N6O2/c1-17-6-5-9-24(28-17)29-19-12-18(2)27-21(13-19)23-14-30(10-11-33-23)25(32)15-31-16-26-20-7-3-4-8-22(20)31/h3-9,12-13,16,23H,10-11,14-15H2,1-2H3,(H,27,28,29). The molecule has 1 aliphatic rings. The van der Waals surface area contributed by atoms with Crippen molar-refractivity contribution < 1.29 is 9.53 Å². The van der Waals surface area contributed by atoms with Gasteiger partial charge >= 0.3 is 0 Å². The zero-order valence-electron chi connectivity index (χ0n) is 18.7. The van der Waals surface area contributed by atoms with E-state index in [4.69, 9.17) is 4.74 Å². The van der Waals surface area contributed by atoms with Crippen LogP contribution in [0.25, 0.3) is 11.0 Å². The van der Waals surface area contributed by atoms with E-state index in [0.717, 1.165) is 39.6 Å². The van der Waals surface area contributed by atoms with Crippen molar-refractivity contribution in [2.24, 2.45) is 0 Å². The molecule has 1 fully saturated rings. The summed E-state index contributed by atoms with van der Waals surface area (Å²) in [5, 5.41) is 3.35. The number of nitrogens with one attached hydrogen (secondary N) is 1. The molecule has 0 saturated carbocycles.